The van der Waals surface area contributed by atoms with Gasteiger partial charge in [-0.05, 0) is 44.6 Å². The topological polar surface area (TPSA) is 54.7 Å². The fourth-order valence-corrected chi connectivity index (χ4v) is 2.84. The molecule has 0 spiro atoms. The van der Waals surface area contributed by atoms with Crippen molar-refractivity contribution in [2.75, 3.05) is 39.9 Å². The lowest BCUT2D eigenvalue weighted by Gasteiger charge is -2.26. The molecule has 1 fully saturated rings. The van der Waals surface area contributed by atoms with E-state index in [0.717, 1.165) is 57.7 Å². The Bertz CT molecular complexity index is 446. The third-order valence-electron chi connectivity index (χ3n) is 4.28. The minimum atomic E-state index is 0. The highest BCUT2D eigenvalue weighted by atomic mass is 127. The van der Waals surface area contributed by atoms with Gasteiger partial charge in [0.25, 0.3) is 0 Å². The summed E-state index contributed by atoms with van der Waals surface area (Å²) in [4.78, 5) is 7.00. The highest BCUT2D eigenvalue weighted by Crippen LogP contribution is 2.18. The molecule has 1 N–H and O–H groups in total. The van der Waals surface area contributed by atoms with Crippen molar-refractivity contribution in [3.63, 3.8) is 0 Å². The molecule has 1 aliphatic heterocycles. The van der Waals surface area contributed by atoms with E-state index in [1.54, 1.807) is 0 Å². The summed E-state index contributed by atoms with van der Waals surface area (Å²) in [6.07, 6.45) is 8.44. The quantitative estimate of drug-likeness (QED) is 0.287. The van der Waals surface area contributed by atoms with Crippen LogP contribution in [0.2, 0.25) is 0 Å². The number of ether oxygens (including phenoxy) is 1. The molecule has 0 atom stereocenters. The summed E-state index contributed by atoms with van der Waals surface area (Å²) in [6.45, 7) is 7.66. The van der Waals surface area contributed by atoms with E-state index in [9.17, 15) is 0 Å². The van der Waals surface area contributed by atoms with Crippen molar-refractivity contribution in [3.8, 4) is 0 Å². The Kier molecular flexibility index (Phi) is 11.1. The van der Waals surface area contributed by atoms with Crippen LogP contribution in [0.3, 0.4) is 0 Å². The van der Waals surface area contributed by atoms with Crippen LogP contribution in [-0.2, 0) is 11.3 Å². The van der Waals surface area contributed by atoms with Gasteiger partial charge in [0.1, 0.15) is 0 Å². The predicted octanol–water partition coefficient (Wildman–Crippen LogP) is 2.61. The largest absolute Gasteiger partial charge is 0.381 e. The molecular weight excluding hydrogens is 417 g/mol. The van der Waals surface area contributed by atoms with Crippen LogP contribution < -0.4 is 5.32 Å². The Morgan fingerprint density at radius 1 is 1.42 bits per heavy atom. The molecule has 7 heteroatoms. The number of halogens is 1. The fourth-order valence-electron chi connectivity index (χ4n) is 2.84. The molecule has 0 aromatic carbocycles. The summed E-state index contributed by atoms with van der Waals surface area (Å²) >= 11 is 0. The maximum atomic E-state index is 5.43. The minimum absolute atomic E-state index is 0. The number of hydrogen-bond acceptors (Lipinski definition) is 3. The molecule has 0 aliphatic carbocycles. The van der Waals surface area contributed by atoms with Crippen LogP contribution in [0.1, 0.15) is 32.6 Å². The van der Waals surface area contributed by atoms with Crippen molar-refractivity contribution in [1.82, 2.24) is 20.0 Å². The summed E-state index contributed by atoms with van der Waals surface area (Å²) in [6, 6.07) is 1.96. The Morgan fingerprint density at radius 3 is 2.88 bits per heavy atom. The maximum Gasteiger partial charge on any atom is 0.193 e. The van der Waals surface area contributed by atoms with Crippen molar-refractivity contribution in [2.45, 2.75) is 39.2 Å². The first-order valence-electron chi connectivity index (χ1n) is 8.84. The van der Waals surface area contributed by atoms with Crippen molar-refractivity contribution in [1.29, 1.82) is 0 Å². The zero-order valence-corrected chi connectivity index (χ0v) is 17.3. The molecule has 1 aliphatic rings. The van der Waals surface area contributed by atoms with E-state index in [1.807, 2.05) is 23.1 Å². The zero-order valence-electron chi connectivity index (χ0n) is 15.0. The van der Waals surface area contributed by atoms with Gasteiger partial charge in [0.2, 0.25) is 0 Å². The molecule has 24 heavy (non-hydrogen) atoms. The average molecular weight is 449 g/mol. The Balaban J connectivity index is 0.00000288. The van der Waals surface area contributed by atoms with Crippen LogP contribution in [0, 0.1) is 5.92 Å². The van der Waals surface area contributed by atoms with Crippen LogP contribution in [0.5, 0.6) is 0 Å². The molecule has 0 saturated carbocycles. The molecule has 0 amide bonds. The average Bonchev–Trinajstić information content (AvgIpc) is 3.10. The molecular formula is C17H32IN5O. The molecule has 6 nitrogen and oxygen atoms in total. The number of hydrogen-bond donors (Lipinski definition) is 1. The molecule has 0 unspecified atom stereocenters. The highest BCUT2D eigenvalue weighted by Gasteiger charge is 2.15. The number of aliphatic imine (C=N–C) groups is 1. The van der Waals surface area contributed by atoms with Gasteiger partial charge in [-0.25, -0.2) is 0 Å². The second-order valence-electron chi connectivity index (χ2n) is 6.12. The first-order chi connectivity index (χ1) is 11.3. The summed E-state index contributed by atoms with van der Waals surface area (Å²) in [5.74, 6) is 1.81. The molecule has 1 aromatic rings. The Morgan fingerprint density at radius 2 is 2.21 bits per heavy atom. The first kappa shape index (κ1) is 21.2. The molecule has 2 rings (SSSR count). The van der Waals surface area contributed by atoms with E-state index in [2.05, 4.69) is 29.3 Å². The second kappa shape index (κ2) is 12.5. The SMILES string of the molecule is CCNC(=NCCCn1cccn1)N(C)CCC1CCOCC1.I. The highest BCUT2D eigenvalue weighted by molar-refractivity contribution is 14.0. The summed E-state index contributed by atoms with van der Waals surface area (Å²) in [7, 11) is 2.13. The van der Waals surface area contributed by atoms with Crippen LogP contribution in [-0.4, -0.2) is 60.5 Å². The number of rotatable bonds is 8. The van der Waals surface area contributed by atoms with E-state index in [0.29, 0.717) is 0 Å². The molecule has 2 heterocycles. The molecule has 1 saturated heterocycles. The van der Waals surface area contributed by atoms with Crippen LogP contribution in [0.25, 0.3) is 0 Å². The van der Waals surface area contributed by atoms with E-state index < -0.39 is 0 Å². The minimum Gasteiger partial charge on any atom is -0.381 e. The van der Waals surface area contributed by atoms with Gasteiger partial charge in [0, 0.05) is 58.8 Å². The van der Waals surface area contributed by atoms with Crippen LogP contribution in [0.15, 0.2) is 23.5 Å². The van der Waals surface area contributed by atoms with Crippen molar-refractivity contribution in [2.24, 2.45) is 10.9 Å². The number of nitrogens with one attached hydrogen (secondary N) is 1. The van der Waals surface area contributed by atoms with Crippen molar-refractivity contribution in [3.05, 3.63) is 18.5 Å². The number of nitrogens with zero attached hydrogens (tertiary/aromatic N) is 4. The standard InChI is InChI=1S/C17H31N5O.HI/c1-3-18-17(19-9-4-11-22-12-5-10-20-22)21(2)13-6-16-7-14-23-15-8-16;/h5,10,12,16H,3-4,6-9,11,13-15H2,1-2H3,(H,18,19);1H. The lowest BCUT2D eigenvalue weighted by atomic mass is 9.96. The van der Waals surface area contributed by atoms with E-state index in [-0.39, 0.29) is 24.0 Å². The molecule has 0 bridgehead atoms. The van der Waals surface area contributed by atoms with Gasteiger partial charge in [0.15, 0.2) is 5.96 Å². The summed E-state index contributed by atoms with van der Waals surface area (Å²) in [5.41, 5.74) is 0. The Hall–Kier alpha value is -0.830. The predicted molar refractivity (Wildman–Crippen MR) is 109 cm³/mol. The van der Waals surface area contributed by atoms with E-state index >= 15 is 0 Å². The van der Waals surface area contributed by atoms with Gasteiger partial charge in [-0.3, -0.25) is 9.67 Å². The van der Waals surface area contributed by atoms with Gasteiger partial charge in [-0.15, -0.1) is 24.0 Å². The number of guanidine groups is 1. The third kappa shape index (κ3) is 7.83. The van der Waals surface area contributed by atoms with E-state index in [1.165, 1.54) is 19.3 Å². The van der Waals surface area contributed by atoms with Crippen LogP contribution >= 0.6 is 24.0 Å². The number of aryl methyl sites for hydroxylation is 1. The van der Waals surface area contributed by atoms with Gasteiger partial charge in [0.05, 0.1) is 0 Å². The normalized spacial score (nSPS) is 15.8. The first-order valence-corrected chi connectivity index (χ1v) is 8.84. The van der Waals surface area contributed by atoms with Crippen molar-refractivity contribution >= 4 is 29.9 Å². The fraction of sp³-hybridized carbons (Fsp3) is 0.765. The molecule has 0 radical (unpaired) electrons. The van der Waals surface area contributed by atoms with Crippen LogP contribution in [0.4, 0.5) is 0 Å². The van der Waals surface area contributed by atoms with Gasteiger partial charge in [-0.1, -0.05) is 0 Å². The van der Waals surface area contributed by atoms with Gasteiger partial charge in [-0.2, -0.15) is 5.10 Å². The maximum absolute atomic E-state index is 5.43. The second-order valence-corrected chi connectivity index (χ2v) is 6.12. The number of aromatic nitrogens is 2. The summed E-state index contributed by atoms with van der Waals surface area (Å²) < 4.78 is 7.39. The molecule has 1 aromatic heterocycles. The summed E-state index contributed by atoms with van der Waals surface area (Å²) in [5, 5.41) is 7.61. The lowest BCUT2D eigenvalue weighted by Crippen LogP contribution is -2.40. The van der Waals surface area contributed by atoms with Crippen molar-refractivity contribution < 1.29 is 4.74 Å². The monoisotopic (exact) mass is 449 g/mol. The Labute approximate surface area is 163 Å². The zero-order chi connectivity index (χ0) is 16.3. The van der Waals surface area contributed by atoms with Gasteiger partial charge < -0.3 is 15.0 Å². The molecule has 138 valence electrons. The third-order valence-corrected chi connectivity index (χ3v) is 4.28. The lowest BCUT2D eigenvalue weighted by molar-refractivity contribution is 0.0625. The van der Waals surface area contributed by atoms with E-state index in [4.69, 9.17) is 9.73 Å². The smallest absolute Gasteiger partial charge is 0.193 e. The van der Waals surface area contributed by atoms with Gasteiger partial charge >= 0.3 is 0 Å².